The highest BCUT2D eigenvalue weighted by atomic mass is 19.2. The number of rotatable bonds is 6. The van der Waals surface area contributed by atoms with E-state index in [1.165, 1.54) is 6.07 Å². The SMILES string of the molecule is CCNCCNCc1cccc(F)c1F. The molecule has 15 heavy (non-hydrogen) atoms. The number of halogens is 2. The molecular weight excluding hydrogens is 198 g/mol. The summed E-state index contributed by atoms with van der Waals surface area (Å²) in [6.07, 6.45) is 0. The molecule has 4 heteroatoms. The predicted octanol–water partition coefficient (Wildman–Crippen LogP) is 1.66. The first-order valence-electron chi connectivity index (χ1n) is 5.10. The summed E-state index contributed by atoms with van der Waals surface area (Å²) < 4.78 is 25.9. The predicted molar refractivity (Wildman–Crippen MR) is 56.6 cm³/mol. The minimum atomic E-state index is -0.791. The molecule has 0 bridgehead atoms. The highest BCUT2D eigenvalue weighted by molar-refractivity contribution is 5.18. The first-order chi connectivity index (χ1) is 7.25. The molecule has 0 atom stereocenters. The van der Waals surface area contributed by atoms with E-state index in [-0.39, 0.29) is 0 Å². The molecule has 0 unspecified atom stereocenters. The fraction of sp³-hybridized carbons (Fsp3) is 0.455. The molecule has 1 aromatic rings. The number of nitrogens with one attached hydrogen (secondary N) is 2. The zero-order valence-corrected chi connectivity index (χ0v) is 8.82. The second-order valence-corrected chi connectivity index (χ2v) is 3.24. The monoisotopic (exact) mass is 214 g/mol. The van der Waals surface area contributed by atoms with Crippen molar-refractivity contribution in [3.8, 4) is 0 Å². The van der Waals surface area contributed by atoms with E-state index in [9.17, 15) is 8.78 Å². The fourth-order valence-electron chi connectivity index (χ4n) is 1.26. The molecule has 0 heterocycles. The Kier molecular flexibility index (Phi) is 5.21. The molecule has 2 nitrogen and oxygen atoms in total. The van der Waals surface area contributed by atoms with Gasteiger partial charge in [-0.3, -0.25) is 0 Å². The van der Waals surface area contributed by atoms with Crippen LogP contribution in [0.15, 0.2) is 18.2 Å². The Morgan fingerprint density at radius 2 is 1.87 bits per heavy atom. The standard InChI is InChI=1S/C11H16F2N2/c1-2-14-6-7-15-8-9-4-3-5-10(12)11(9)13/h3-5,14-15H,2,6-8H2,1H3. The van der Waals surface area contributed by atoms with Crippen molar-refractivity contribution in [3.05, 3.63) is 35.4 Å². The summed E-state index contributed by atoms with van der Waals surface area (Å²) >= 11 is 0. The van der Waals surface area contributed by atoms with Gasteiger partial charge >= 0.3 is 0 Å². The van der Waals surface area contributed by atoms with Crippen LogP contribution in [-0.2, 0) is 6.54 Å². The van der Waals surface area contributed by atoms with E-state index >= 15 is 0 Å². The second kappa shape index (κ2) is 6.48. The Labute approximate surface area is 88.7 Å². The average molecular weight is 214 g/mol. The third kappa shape index (κ3) is 3.93. The summed E-state index contributed by atoms with van der Waals surface area (Å²) in [4.78, 5) is 0. The lowest BCUT2D eigenvalue weighted by Crippen LogP contribution is -2.27. The molecule has 0 aliphatic heterocycles. The van der Waals surface area contributed by atoms with Crippen LogP contribution in [0.2, 0.25) is 0 Å². The maximum atomic E-state index is 13.1. The lowest BCUT2D eigenvalue weighted by molar-refractivity contribution is 0.492. The topological polar surface area (TPSA) is 24.1 Å². The van der Waals surface area contributed by atoms with Gasteiger partial charge in [-0.25, -0.2) is 8.78 Å². The highest BCUT2D eigenvalue weighted by Crippen LogP contribution is 2.10. The van der Waals surface area contributed by atoms with Gasteiger partial charge in [0.1, 0.15) is 0 Å². The molecule has 1 aromatic carbocycles. The summed E-state index contributed by atoms with van der Waals surface area (Å²) in [6.45, 7) is 4.86. The van der Waals surface area contributed by atoms with Crippen molar-refractivity contribution in [3.63, 3.8) is 0 Å². The Morgan fingerprint density at radius 1 is 1.13 bits per heavy atom. The van der Waals surface area contributed by atoms with E-state index in [1.807, 2.05) is 6.92 Å². The molecule has 0 aliphatic carbocycles. The molecule has 0 aromatic heterocycles. The molecule has 84 valence electrons. The van der Waals surface area contributed by atoms with Gasteiger partial charge in [0.2, 0.25) is 0 Å². The first kappa shape index (κ1) is 12.1. The Bertz CT molecular complexity index is 303. The zero-order valence-electron chi connectivity index (χ0n) is 8.82. The maximum Gasteiger partial charge on any atom is 0.163 e. The summed E-state index contributed by atoms with van der Waals surface area (Å²) in [7, 11) is 0. The normalized spacial score (nSPS) is 10.6. The van der Waals surface area contributed by atoms with E-state index in [1.54, 1.807) is 6.07 Å². The van der Waals surface area contributed by atoms with Crippen LogP contribution in [0.5, 0.6) is 0 Å². The molecule has 0 spiro atoms. The molecule has 1 rings (SSSR count). The van der Waals surface area contributed by atoms with Crippen molar-refractivity contribution in [1.82, 2.24) is 10.6 Å². The molecule has 2 N–H and O–H groups in total. The summed E-state index contributed by atoms with van der Waals surface area (Å²) in [6, 6.07) is 4.22. The van der Waals surface area contributed by atoms with E-state index in [0.29, 0.717) is 12.1 Å². The van der Waals surface area contributed by atoms with Gasteiger partial charge in [-0.1, -0.05) is 19.1 Å². The minimum absolute atomic E-state index is 0.356. The molecule has 0 radical (unpaired) electrons. The van der Waals surface area contributed by atoms with Crippen LogP contribution in [0, 0.1) is 11.6 Å². The first-order valence-corrected chi connectivity index (χ1v) is 5.10. The van der Waals surface area contributed by atoms with Gasteiger partial charge in [-0.05, 0) is 12.6 Å². The van der Waals surface area contributed by atoms with E-state index in [4.69, 9.17) is 0 Å². The smallest absolute Gasteiger partial charge is 0.163 e. The van der Waals surface area contributed by atoms with Crippen molar-refractivity contribution in [2.75, 3.05) is 19.6 Å². The Balaban J connectivity index is 2.34. The van der Waals surface area contributed by atoms with E-state index in [0.717, 1.165) is 25.7 Å². The Morgan fingerprint density at radius 3 is 2.60 bits per heavy atom. The van der Waals surface area contributed by atoms with Crippen molar-refractivity contribution >= 4 is 0 Å². The summed E-state index contributed by atoms with van der Waals surface area (Å²) in [5.74, 6) is -1.55. The van der Waals surface area contributed by atoms with Gasteiger partial charge in [0.15, 0.2) is 11.6 Å². The van der Waals surface area contributed by atoms with Crippen LogP contribution in [0.3, 0.4) is 0 Å². The summed E-state index contributed by atoms with van der Waals surface area (Å²) in [5.41, 5.74) is 0.367. The molecule has 0 fully saturated rings. The average Bonchev–Trinajstić information content (AvgIpc) is 2.24. The molecule has 0 saturated carbocycles. The van der Waals surface area contributed by atoms with E-state index < -0.39 is 11.6 Å². The van der Waals surface area contributed by atoms with Gasteiger partial charge in [0.25, 0.3) is 0 Å². The quantitative estimate of drug-likeness (QED) is 0.704. The fourth-order valence-corrected chi connectivity index (χ4v) is 1.26. The van der Waals surface area contributed by atoms with Crippen LogP contribution in [0.25, 0.3) is 0 Å². The zero-order chi connectivity index (χ0) is 11.1. The van der Waals surface area contributed by atoms with Crippen molar-refractivity contribution in [2.24, 2.45) is 0 Å². The lowest BCUT2D eigenvalue weighted by atomic mass is 10.2. The van der Waals surface area contributed by atoms with Crippen molar-refractivity contribution in [1.29, 1.82) is 0 Å². The number of benzene rings is 1. The molecule has 0 saturated heterocycles. The van der Waals surface area contributed by atoms with Crippen LogP contribution in [0.4, 0.5) is 8.78 Å². The van der Waals surface area contributed by atoms with Crippen LogP contribution < -0.4 is 10.6 Å². The molecule has 0 aliphatic rings. The highest BCUT2D eigenvalue weighted by Gasteiger charge is 2.05. The van der Waals surface area contributed by atoms with Crippen LogP contribution >= 0.6 is 0 Å². The summed E-state index contributed by atoms with van der Waals surface area (Å²) in [5, 5.41) is 6.17. The molecular formula is C11H16F2N2. The van der Waals surface area contributed by atoms with Crippen LogP contribution in [0.1, 0.15) is 12.5 Å². The number of likely N-dealkylation sites (N-methyl/N-ethyl adjacent to an activating group) is 1. The van der Waals surface area contributed by atoms with Gasteiger partial charge < -0.3 is 10.6 Å². The van der Waals surface area contributed by atoms with Crippen molar-refractivity contribution < 1.29 is 8.78 Å². The molecule has 0 amide bonds. The van der Waals surface area contributed by atoms with Gasteiger partial charge in [-0.2, -0.15) is 0 Å². The second-order valence-electron chi connectivity index (χ2n) is 3.24. The third-order valence-corrected chi connectivity index (χ3v) is 2.08. The van der Waals surface area contributed by atoms with Crippen LogP contribution in [-0.4, -0.2) is 19.6 Å². The van der Waals surface area contributed by atoms with Gasteiger partial charge in [-0.15, -0.1) is 0 Å². The number of hydrogen-bond acceptors (Lipinski definition) is 2. The maximum absolute atomic E-state index is 13.1. The van der Waals surface area contributed by atoms with Gasteiger partial charge in [0.05, 0.1) is 0 Å². The van der Waals surface area contributed by atoms with E-state index in [2.05, 4.69) is 10.6 Å². The van der Waals surface area contributed by atoms with Crippen molar-refractivity contribution in [2.45, 2.75) is 13.5 Å². The van der Waals surface area contributed by atoms with Gasteiger partial charge in [0, 0.05) is 25.2 Å². The minimum Gasteiger partial charge on any atom is -0.316 e. The largest absolute Gasteiger partial charge is 0.316 e. The Hall–Kier alpha value is -1.00. The lowest BCUT2D eigenvalue weighted by Gasteiger charge is -2.06. The third-order valence-electron chi connectivity index (χ3n) is 2.08. The number of hydrogen-bond donors (Lipinski definition) is 2.